The molecule has 1 aromatic rings. The molecule has 0 bridgehead atoms. The Morgan fingerprint density at radius 2 is 1.95 bits per heavy atom. The molecular formula is C15H23NO3S. The van der Waals surface area contributed by atoms with Crippen molar-refractivity contribution in [2.75, 3.05) is 32.2 Å². The fourth-order valence-corrected chi connectivity index (χ4v) is 3.38. The summed E-state index contributed by atoms with van der Waals surface area (Å²) in [6.07, 6.45) is 2.38. The van der Waals surface area contributed by atoms with E-state index in [1.165, 1.54) is 11.8 Å². The Labute approximate surface area is 121 Å². The first-order valence-corrected chi connectivity index (χ1v) is 9.01. The van der Waals surface area contributed by atoms with Crippen LogP contribution in [0.15, 0.2) is 24.3 Å². The van der Waals surface area contributed by atoms with E-state index in [1.54, 1.807) is 7.11 Å². The van der Waals surface area contributed by atoms with Crippen LogP contribution < -0.4 is 4.74 Å². The first-order valence-electron chi connectivity index (χ1n) is 6.95. The van der Waals surface area contributed by atoms with E-state index in [9.17, 15) is 8.42 Å². The molecule has 0 amide bonds. The minimum Gasteiger partial charge on any atom is -0.497 e. The van der Waals surface area contributed by atoms with Crippen LogP contribution in [0.5, 0.6) is 5.75 Å². The summed E-state index contributed by atoms with van der Waals surface area (Å²) in [5, 5.41) is 0. The maximum atomic E-state index is 11.3. The number of benzene rings is 1. The van der Waals surface area contributed by atoms with Crippen molar-refractivity contribution in [1.82, 2.24) is 4.90 Å². The van der Waals surface area contributed by atoms with E-state index in [-0.39, 0.29) is 5.75 Å². The van der Waals surface area contributed by atoms with Gasteiger partial charge >= 0.3 is 0 Å². The highest BCUT2D eigenvalue weighted by atomic mass is 32.2. The van der Waals surface area contributed by atoms with E-state index < -0.39 is 9.84 Å². The predicted molar refractivity (Wildman–Crippen MR) is 81.1 cm³/mol. The van der Waals surface area contributed by atoms with Gasteiger partial charge in [0.15, 0.2) is 0 Å². The minimum atomic E-state index is -2.88. The second-order valence-electron chi connectivity index (χ2n) is 5.68. The third kappa shape index (κ3) is 3.96. The fourth-order valence-electron chi connectivity index (χ4n) is 2.81. The van der Waals surface area contributed by atoms with Crippen LogP contribution in [0.25, 0.3) is 0 Å². The molecule has 0 saturated carbocycles. The molecule has 5 heteroatoms. The molecule has 4 nitrogen and oxygen atoms in total. The van der Waals surface area contributed by atoms with Crippen molar-refractivity contribution >= 4 is 9.84 Å². The van der Waals surface area contributed by atoms with Crippen LogP contribution >= 0.6 is 0 Å². The van der Waals surface area contributed by atoms with Crippen molar-refractivity contribution in [2.24, 2.45) is 0 Å². The Kier molecular flexibility index (Phi) is 4.70. The van der Waals surface area contributed by atoms with E-state index >= 15 is 0 Å². The topological polar surface area (TPSA) is 46.6 Å². The molecule has 112 valence electrons. The lowest BCUT2D eigenvalue weighted by Gasteiger charge is -2.20. The van der Waals surface area contributed by atoms with Gasteiger partial charge in [0.25, 0.3) is 0 Å². The SMILES string of the molecule is COc1ccc(C2CC(C)N(CCS(C)(=O)=O)C2)cc1. The first kappa shape index (κ1) is 15.3. The summed E-state index contributed by atoms with van der Waals surface area (Å²) >= 11 is 0. The molecule has 0 N–H and O–H groups in total. The molecule has 0 radical (unpaired) electrons. The molecule has 0 spiro atoms. The Balaban J connectivity index is 1.98. The van der Waals surface area contributed by atoms with Crippen molar-refractivity contribution in [3.63, 3.8) is 0 Å². The maximum Gasteiger partial charge on any atom is 0.148 e. The number of ether oxygens (including phenoxy) is 1. The van der Waals surface area contributed by atoms with Gasteiger partial charge in [-0.1, -0.05) is 12.1 Å². The van der Waals surface area contributed by atoms with Gasteiger partial charge in [0.05, 0.1) is 12.9 Å². The van der Waals surface area contributed by atoms with E-state index in [0.29, 0.717) is 18.5 Å². The average Bonchev–Trinajstić information content (AvgIpc) is 2.77. The summed E-state index contributed by atoms with van der Waals surface area (Å²) in [5.41, 5.74) is 1.31. The molecule has 1 aliphatic rings. The van der Waals surface area contributed by atoms with Crippen LogP contribution in [0.3, 0.4) is 0 Å². The lowest BCUT2D eigenvalue weighted by Crippen LogP contribution is -2.32. The summed E-state index contributed by atoms with van der Waals surface area (Å²) in [4.78, 5) is 2.27. The number of likely N-dealkylation sites (tertiary alicyclic amines) is 1. The number of nitrogens with zero attached hydrogens (tertiary/aromatic N) is 1. The lowest BCUT2D eigenvalue weighted by molar-refractivity contribution is 0.283. The molecule has 20 heavy (non-hydrogen) atoms. The molecular weight excluding hydrogens is 274 g/mol. The van der Waals surface area contributed by atoms with Gasteiger partial charge in [-0.2, -0.15) is 0 Å². The maximum absolute atomic E-state index is 11.3. The van der Waals surface area contributed by atoms with Gasteiger partial charge in [-0.25, -0.2) is 8.42 Å². The number of hydrogen-bond acceptors (Lipinski definition) is 4. The second-order valence-corrected chi connectivity index (χ2v) is 7.94. The number of rotatable bonds is 5. The van der Waals surface area contributed by atoms with Crippen molar-refractivity contribution in [2.45, 2.75) is 25.3 Å². The molecule has 0 aromatic heterocycles. The highest BCUT2D eigenvalue weighted by Gasteiger charge is 2.30. The summed E-state index contributed by atoms with van der Waals surface area (Å²) in [6.45, 7) is 3.74. The van der Waals surface area contributed by atoms with Crippen LogP contribution in [0.2, 0.25) is 0 Å². The number of hydrogen-bond donors (Lipinski definition) is 0. The van der Waals surface area contributed by atoms with E-state index in [1.807, 2.05) is 12.1 Å². The van der Waals surface area contributed by atoms with Crippen LogP contribution in [-0.4, -0.2) is 51.6 Å². The number of sulfone groups is 1. The Bertz CT molecular complexity index is 539. The zero-order valence-electron chi connectivity index (χ0n) is 12.4. The quantitative estimate of drug-likeness (QED) is 0.833. The predicted octanol–water partition coefficient (Wildman–Crippen LogP) is 1.92. The van der Waals surface area contributed by atoms with E-state index in [4.69, 9.17) is 4.74 Å². The van der Waals surface area contributed by atoms with Gasteiger partial charge in [-0.3, -0.25) is 4.90 Å². The van der Waals surface area contributed by atoms with Gasteiger partial charge in [-0.05, 0) is 37.0 Å². The normalized spacial score (nSPS) is 23.9. The lowest BCUT2D eigenvalue weighted by atomic mass is 9.97. The third-order valence-corrected chi connectivity index (χ3v) is 4.96. The standard InChI is InChI=1S/C15H23NO3S/c1-12-10-14(11-16(12)8-9-20(3,17)18)13-4-6-15(19-2)7-5-13/h4-7,12,14H,8-11H2,1-3H3. The smallest absolute Gasteiger partial charge is 0.148 e. The van der Waals surface area contributed by atoms with E-state index in [0.717, 1.165) is 18.7 Å². The average molecular weight is 297 g/mol. The Morgan fingerprint density at radius 3 is 2.50 bits per heavy atom. The second kappa shape index (κ2) is 6.14. The summed E-state index contributed by atoms with van der Waals surface area (Å²) in [7, 11) is -1.22. The van der Waals surface area contributed by atoms with Gasteiger partial charge in [0.1, 0.15) is 15.6 Å². The first-order chi connectivity index (χ1) is 9.39. The molecule has 0 aliphatic carbocycles. The molecule has 2 rings (SSSR count). The van der Waals surface area contributed by atoms with Gasteiger partial charge < -0.3 is 4.74 Å². The minimum absolute atomic E-state index is 0.243. The van der Waals surface area contributed by atoms with Crippen LogP contribution in [-0.2, 0) is 9.84 Å². The van der Waals surface area contributed by atoms with Crippen molar-refractivity contribution in [3.05, 3.63) is 29.8 Å². The van der Waals surface area contributed by atoms with E-state index in [2.05, 4.69) is 24.0 Å². The van der Waals surface area contributed by atoms with Gasteiger partial charge in [0.2, 0.25) is 0 Å². The number of methoxy groups -OCH3 is 1. The molecule has 1 aromatic carbocycles. The largest absolute Gasteiger partial charge is 0.497 e. The summed E-state index contributed by atoms with van der Waals surface area (Å²) < 4.78 is 27.7. The van der Waals surface area contributed by atoms with Crippen LogP contribution in [0, 0.1) is 0 Å². The molecule has 2 atom stereocenters. The van der Waals surface area contributed by atoms with Crippen molar-refractivity contribution < 1.29 is 13.2 Å². The fraction of sp³-hybridized carbons (Fsp3) is 0.600. The van der Waals surface area contributed by atoms with Gasteiger partial charge in [0, 0.05) is 25.4 Å². The highest BCUT2D eigenvalue weighted by Crippen LogP contribution is 2.32. The molecule has 1 heterocycles. The third-order valence-electron chi connectivity index (χ3n) is 4.04. The molecule has 2 unspecified atom stereocenters. The highest BCUT2D eigenvalue weighted by molar-refractivity contribution is 7.90. The molecule has 1 saturated heterocycles. The molecule has 1 aliphatic heterocycles. The summed E-state index contributed by atoms with van der Waals surface area (Å²) in [6, 6.07) is 8.62. The van der Waals surface area contributed by atoms with Crippen LogP contribution in [0.4, 0.5) is 0 Å². The van der Waals surface area contributed by atoms with Crippen LogP contribution in [0.1, 0.15) is 24.8 Å². The van der Waals surface area contributed by atoms with Crippen molar-refractivity contribution in [1.29, 1.82) is 0 Å². The zero-order chi connectivity index (χ0) is 14.8. The monoisotopic (exact) mass is 297 g/mol. The molecule has 1 fully saturated rings. The summed E-state index contributed by atoms with van der Waals surface area (Å²) in [5.74, 6) is 1.59. The van der Waals surface area contributed by atoms with Gasteiger partial charge in [-0.15, -0.1) is 0 Å². The van der Waals surface area contributed by atoms with Crippen molar-refractivity contribution in [3.8, 4) is 5.75 Å². The zero-order valence-corrected chi connectivity index (χ0v) is 13.2. The Hall–Kier alpha value is -1.07. The Morgan fingerprint density at radius 1 is 1.30 bits per heavy atom.